The molecule has 0 amide bonds. The number of alkyl halides is 1. The summed E-state index contributed by atoms with van der Waals surface area (Å²) in [5, 5.41) is 0. The quantitative estimate of drug-likeness (QED) is 0.472. The van der Waals surface area contributed by atoms with Crippen molar-refractivity contribution in [1.82, 2.24) is 0 Å². The van der Waals surface area contributed by atoms with E-state index in [4.69, 9.17) is 21.1 Å². The second-order valence-electron chi connectivity index (χ2n) is 2.55. The van der Waals surface area contributed by atoms with E-state index in [-0.39, 0.29) is 17.6 Å². The van der Waals surface area contributed by atoms with Crippen LogP contribution in [0.3, 0.4) is 0 Å². The molecule has 11 heavy (non-hydrogen) atoms. The largest absolute Gasteiger partial charge is 0.463 e. The summed E-state index contributed by atoms with van der Waals surface area (Å²) in [6, 6.07) is 0. The average Bonchev–Trinajstić information content (AvgIpc) is 2.31. The van der Waals surface area contributed by atoms with E-state index in [1.165, 1.54) is 6.92 Å². The fourth-order valence-electron chi connectivity index (χ4n) is 0.995. The van der Waals surface area contributed by atoms with Gasteiger partial charge in [-0.15, -0.1) is 0 Å². The Hall–Kier alpha value is -0.280. The van der Waals surface area contributed by atoms with Gasteiger partial charge in [-0.3, -0.25) is 4.79 Å². The van der Waals surface area contributed by atoms with Gasteiger partial charge in [-0.1, -0.05) is 11.6 Å². The molecule has 1 aliphatic rings. The molecule has 3 nitrogen and oxygen atoms in total. The van der Waals surface area contributed by atoms with Gasteiger partial charge in [0.15, 0.2) is 0 Å². The van der Waals surface area contributed by atoms with Crippen LogP contribution in [0.25, 0.3) is 0 Å². The summed E-state index contributed by atoms with van der Waals surface area (Å²) < 4.78 is 9.95. The lowest BCUT2D eigenvalue weighted by molar-refractivity contribution is -0.144. The van der Waals surface area contributed by atoms with Crippen LogP contribution in [0.15, 0.2) is 0 Å². The van der Waals surface area contributed by atoms with E-state index in [2.05, 4.69) is 0 Å². The topological polar surface area (TPSA) is 35.5 Å². The molecular weight excluding hydrogens is 168 g/mol. The third-order valence-electron chi connectivity index (χ3n) is 1.53. The van der Waals surface area contributed by atoms with Gasteiger partial charge in [0.2, 0.25) is 0 Å². The van der Waals surface area contributed by atoms with Crippen molar-refractivity contribution >= 4 is 17.6 Å². The minimum atomic E-state index is -0.272. The summed E-state index contributed by atoms with van der Waals surface area (Å²) in [6.07, 6.45) is 1.72. The van der Waals surface area contributed by atoms with Crippen LogP contribution in [-0.4, -0.2) is 24.2 Å². The van der Waals surface area contributed by atoms with Crippen LogP contribution in [0.4, 0.5) is 0 Å². The maximum Gasteiger partial charge on any atom is 0.302 e. The first-order valence-corrected chi connectivity index (χ1v) is 4.05. The highest BCUT2D eigenvalue weighted by atomic mass is 35.5. The van der Waals surface area contributed by atoms with E-state index in [9.17, 15) is 4.79 Å². The Bertz CT molecular complexity index is 149. The van der Waals surface area contributed by atoms with Gasteiger partial charge in [-0.25, -0.2) is 0 Å². The Labute approximate surface area is 70.6 Å². The Morgan fingerprint density at radius 1 is 1.73 bits per heavy atom. The molecule has 0 bridgehead atoms. The zero-order valence-corrected chi connectivity index (χ0v) is 7.13. The molecule has 1 heterocycles. The van der Waals surface area contributed by atoms with Crippen LogP contribution in [0.5, 0.6) is 0 Å². The number of ether oxygens (including phenoxy) is 2. The minimum Gasteiger partial charge on any atom is -0.463 e. The molecule has 1 saturated heterocycles. The highest BCUT2D eigenvalue weighted by Gasteiger charge is 2.23. The first-order valence-electron chi connectivity index (χ1n) is 3.61. The molecule has 0 aromatic heterocycles. The van der Waals surface area contributed by atoms with Crippen LogP contribution in [-0.2, 0) is 14.3 Å². The van der Waals surface area contributed by atoms with Gasteiger partial charge in [-0.05, 0) is 12.8 Å². The van der Waals surface area contributed by atoms with Crippen molar-refractivity contribution in [3.63, 3.8) is 0 Å². The second kappa shape index (κ2) is 3.93. The van der Waals surface area contributed by atoms with Crippen molar-refractivity contribution in [3.8, 4) is 0 Å². The van der Waals surface area contributed by atoms with Gasteiger partial charge < -0.3 is 9.47 Å². The number of rotatable bonds is 2. The van der Waals surface area contributed by atoms with Crippen LogP contribution in [0.1, 0.15) is 19.8 Å². The lowest BCUT2D eigenvalue weighted by Crippen LogP contribution is -2.17. The third kappa shape index (κ3) is 3.08. The minimum absolute atomic E-state index is 0.00130. The lowest BCUT2D eigenvalue weighted by Gasteiger charge is -2.08. The van der Waals surface area contributed by atoms with Gasteiger partial charge in [0.1, 0.15) is 12.2 Å². The van der Waals surface area contributed by atoms with Crippen molar-refractivity contribution in [3.05, 3.63) is 0 Å². The van der Waals surface area contributed by atoms with E-state index < -0.39 is 0 Å². The fraction of sp³-hybridized carbons (Fsp3) is 0.857. The third-order valence-corrected chi connectivity index (χ3v) is 1.85. The van der Waals surface area contributed by atoms with E-state index in [1.807, 2.05) is 0 Å². The zero-order chi connectivity index (χ0) is 8.27. The van der Waals surface area contributed by atoms with Crippen LogP contribution in [0, 0.1) is 0 Å². The summed E-state index contributed by atoms with van der Waals surface area (Å²) >= 11 is 5.66. The predicted molar refractivity (Wildman–Crippen MR) is 40.4 cm³/mol. The summed E-state index contributed by atoms with van der Waals surface area (Å²) in [5.74, 6) is -0.272. The Kier molecular flexibility index (Phi) is 3.15. The number of hydrogen-bond acceptors (Lipinski definition) is 3. The summed E-state index contributed by atoms with van der Waals surface area (Å²) in [4.78, 5) is 10.4. The van der Waals surface area contributed by atoms with E-state index in [0.29, 0.717) is 6.61 Å². The lowest BCUT2D eigenvalue weighted by atomic mass is 10.2. The van der Waals surface area contributed by atoms with Crippen molar-refractivity contribution in [1.29, 1.82) is 0 Å². The normalized spacial score (nSPS) is 30.4. The summed E-state index contributed by atoms with van der Waals surface area (Å²) in [7, 11) is 0. The SMILES string of the molecule is CC(=O)OC[C@@H]1CC[C@H](Cl)O1. The fourth-order valence-corrected chi connectivity index (χ4v) is 1.27. The van der Waals surface area contributed by atoms with Gasteiger partial charge in [0.05, 0.1) is 6.10 Å². The first-order chi connectivity index (χ1) is 5.18. The predicted octanol–water partition coefficient (Wildman–Crippen LogP) is 1.29. The molecule has 0 aromatic rings. The molecule has 1 rings (SSSR count). The highest BCUT2D eigenvalue weighted by molar-refractivity contribution is 6.19. The highest BCUT2D eigenvalue weighted by Crippen LogP contribution is 2.22. The Morgan fingerprint density at radius 2 is 2.45 bits per heavy atom. The van der Waals surface area contributed by atoms with Gasteiger partial charge in [0.25, 0.3) is 0 Å². The molecule has 1 aliphatic heterocycles. The van der Waals surface area contributed by atoms with E-state index in [1.54, 1.807) is 0 Å². The molecule has 0 saturated carbocycles. The molecule has 0 radical (unpaired) electrons. The molecule has 1 fully saturated rings. The Morgan fingerprint density at radius 3 is 2.91 bits per heavy atom. The molecule has 4 heteroatoms. The molecule has 0 spiro atoms. The molecule has 2 atom stereocenters. The molecule has 0 unspecified atom stereocenters. The van der Waals surface area contributed by atoms with Crippen molar-refractivity contribution in [2.45, 2.75) is 31.4 Å². The summed E-state index contributed by atoms with van der Waals surface area (Å²) in [5.41, 5.74) is -0.199. The Balaban J connectivity index is 2.13. The molecule has 64 valence electrons. The number of carbonyl (C=O) groups is 1. The first kappa shape index (κ1) is 8.81. The van der Waals surface area contributed by atoms with Crippen molar-refractivity contribution in [2.75, 3.05) is 6.61 Å². The van der Waals surface area contributed by atoms with Gasteiger partial charge in [0, 0.05) is 6.92 Å². The van der Waals surface area contributed by atoms with Crippen LogP contribution >= 0.6 is 11.6 Å². The molecule has 0 N–H and O–H groups in total. The van der Waals surface area contributed by atoms with Crippen LogP contribution < -0.4 is 0 Å². The standard InChI is InChI=1S/C7H11ClO3/c1-5(9)10-4-6-2-3-7(8)11-6/h6-7H,2-4H2,1H3/t6-,7+/m0/s1. The molecule has 0 aliphatic carbocycles. The second-order valence-corrected chi connectivity index (χ2v) is 3.03. The van der Waals surface area contributed by atoms with Crippen molar-refractivity contribution in [2.24, 2.45) is 0 Å². The van der Waals surface area contributed by atoms with Gasteiger partial charge >= 0.3 is 5.97 Å². The zero-order valence-electron chi connectivity index (χ0n) is 6.38. The van der Waals surface area contributed by atoms with Crippen LogP contribution in [0.2, 0.25) is 0 Å². The van der Waals surface area contributed by atoms with E-state index >= 15 is 0 Å². The number of esters is 1. The van der Waals surface area contributed by atoms with Gasteiger partial charge in [-0.2, -0.15) is 0 Å². The van der Waals surface area contributed by atoms with E-state index in [0.717, 1.165) is 12.8 Å². The summed E-state index contributed by atoms with van der Waals surface area (Å²) in [6.45, 7) is 1.71. The van der Waals surface area contributed by atoms with Crippen molar-refractivity contribution < 1.29 is 14.3 Å². The number of carbonyl (C=O) groups excluding carboxylic acids is 1. The number of halogens is 1. The monoisotopic (exact) mass is 178 g/mol. The average molecular weight is 179 g/mol. The maximum absolute atomic E-state index is 10.4. The molecule has 0 aromatic carbocycles. The maximum atomic E-state index is 10.4. The molecular formula is C7H11ClO3. The number of hydrogen-bond donors (Lipinski definition) is 0. The smallest absolute Gasteiger partial charge is 0.302 e.